The minimum absolute atomic E-state index is 0.00712. The molecule has 0 amide bonds. The van der Waals surface area contributed by atoms with Crippen molar-refractivity contribution in [3.05, 3.63) is 53.1 Å². The van der Waals surface area contributed by atoms with E-state index in [0.717, 1.165) is 25.0 Å². The first-order valence-corrected chi connectivity index (χ1v) is 7.65. The number of hydrogen-bond acceptors (Lipinski definition) is 2. The number of nitrogens with zero attached hydrogens (tertiary/aromatic N) is 1. The summed E-state index contributed by atoms with van der Waals surface area (Å²) in [5.74, 6) is -8.29. The van der Waals surface area contributed by atoms with Gasteiger partial charge in [0, 0.05) is 30.9 Å². The zero-order valence-electron chi connectivity index (χ0n) is 13.1. The zero-order valence-corrected chi connectivity index (χ0v) is 13.1. The first kappa shape index (κ1) is 18.3. The molecule has 0 atom stereocenters. The van der Waals surface area contributed by atoms with E-state index < -0.39 is 46.5 Å². The summed E-state index contributed by atoms with van der Waals surface area (Å²) in [6, 6.07) is 1.88. The summed E-state index contributed by atoms with van der Waals surface area (Å²) < 4.78 is 98.1. The van der Waals surface area contributed by atoms with Crippen LogP contribution < -0.4 is 9.64 Å². The molecule has 1 fully saturated rings. The molecule has 0 bridgehead atoms. The molecule has 1 aliphatic rings. The van der Waals surface area contributed by atoms with Crippen LogP contribution in [0.1, 0.15) is 18.4 Å². The molecule has 2 nitrogen and oxygen atoms in total. The highest BCUT2D eigenvalue weighted by Gasteiger charge is 2.33. The van der Waals surface area contributed by atoms with E-state index in [2.05, 4.69) is 4.74 Å². The van der Waals surface area contributed by atoms with Gasteiger partial charge in [0.05, 0.1) is 5.56 Å². The molecule has 1 aliphatic heterocycles. The zero-order chi connectivity index (χ0) is 19.1. The lowest BCUT2D eigenvalue weighted by molar-refractivity contribution is -0.138. The van der Waals surface area contributed by atoms with Gasteiger partial charge in [-0.2, -0.15) is 13.2 Å². The van der Waals surface area contributed by atoms with Crippen LogP contribution in [0.2, 0.25) is 0 Å². The number of benzene rings is 2. The van der Waals surface area contributed by atoms with Gasteiger partial charge in [-0.25, -0.2) is 17.6 Å². The van der Waals surface area contributed by atoms with Gasteiger partial charge in [-0.05, 0) is 25.0 Å². The molecule has 0 spiro atoms. The molecule has 1 heterocycles. The normalized spacial score (nSPS) is 14.8. The molecule has 9 heteroatoms. The Morgan fingerprint density at radius 2 is 1.15 bits per heavy atom. The summed E-state index contributed by atoms with van der Waals surface area (Å²) in [5.41, 5.74) is -1.33. The third kappa shape index (κ3) is 3.56. The summed E-state index contributed by atoms with van der Waals surface area (Å²) in [4.78, 5) is 1.73. The van der Waals surface area contributed by atoms with E-state index in [0.29, 0.717) is 13.1 Å². The molecule has 0 radical (unpaired) electrons. The second kappa shape index (κ2) is 6.69. The maximum absolute atomic E-state index is 14.2. The van der Waals surface area contributed by atoms with Crippen molar-refractivity contribution in [1.82, 2.24) is 0 Å². The summed E-state index contributed by atoms with van der Waals surface area (Å²) in [5, 5.41) is 0. The van der Waals surface area contributed by atoms with Crippen molar-refractivity contribution in [2.24, 2.45) is 0 Å². The van der Waals surface area contributed by atoms with Crippen molar-refractivity contribution in [3.8, 4) is 11.5 Å². The Labute approximate surface area is 143 Å². The predicted molar refractivity (Wildman–Crippen MR) is 79.2 cm³/mol. The molecule has 0 unspecified atom stereocenters. The molecule has 0 aromatic heterocycles. The number of ether oxygens (including phenoxy) is 1. The van der Waals surface area contributed by atoms with Crippen LogP contribution in [0.3, 0.4) is 0 Å². The lowest BCUT2D eigenvalue weighted by Crippen LogP contribution is -2.18. The standard InChI is InChI=1S/C17H12F7NO/c18-11-5-9(17(22,23)24)6-12(19)15(11)26-16-13(20)7-10(8-14(16)21)25-3-1-2-4-25/h5-8H,1-4H2. The first-order valence-electron chi connectivity index (χ1n) is 7.65. The fourth-order valence-electron chi connectivity index (χ4n) is 2.73. The van der Waals surface area contributed by atoms with Crippen LogP contribution in [0.4, 0.5) is 36.4 Å². The molecule has 140 valence electrons. The van der Waals surface area contributed by atoms with Crippen molar-refractivity contribution in [3.63, 3.8) is 0 Å². The van der Waals surface area contributed by atoms with Crippen LogP contribution >= 0.6 is 0 Å². The Bertz CT molecular complexity index is 782. The second-order valence-corrected chi connectivity index (χ2v) is 5.80. The van der Waals surface area contributed by atoms with Crippen molar-refractivity contribution >= 4 is 5.69 Å². The van der Waals surface area contributed by atoms with Gasteiger partial charge in [0.1, 0.15) is 0 Å². The highest BCUT2D eigenvalue weighted by molar-refractivity contribution is 5.52. The molecule has 2 aromatic carbocycles. The Balaban J connectivity index is 1.94. The number of rotatable bonds is 3. The van der Waals surface area contributed by atoms with Gasteiger partial charge in [0.25, 0.3) is 0 Å². The Morgan fingerprint density at radius 3 is 1.58 bits per heavy atom. The van der Waals surface area contributed by atoms with Gasteiger partial charge in [0.15, 0.2) is 34.8 Å². The van der Waals surface area contributed by atoms with Gasteiger partial charge in [-0.1, -0.05) is 0 Å². The topological polar surface area (TPSA) is 12.5 Å². The van der Waals surface area contributed by atoms with E-state index in [9.17, 15) is 30.7 Å². The monoisotopic (exact) mass is 379 g/mol. The average Bonchev–Trinajstić information content (AvgIpc) is 3.06. The number of halogens is 7. The van der Waals surface area contributed by atoms with Crippen LogP contribution in [0, 0.1) is 23.3 Å². The minimum Gasteiger partial charge on any atom is -0.445 e. The third-order valence-electron chi connectivity index (χ3n) is 3.98. The van der Waals surface area contributed by atoms with E-state index in [4.69, 9.17) is 0 Å². The maximum atomic E-state index is 14.2. The summed E-state index contributed by atoms with van der Waals surface area (Å²) in [6.45, 7) is 1.22. The Hall–Kier alpha value is -2.45. The molecule has 0 saturated carbocycles. The van der Waals surface area contributed by atoms with Crippen LogP contribution in [-0.2, 0) is 6.18 Å². The fourth-order valence-corrected chi connectivity index (χ4v) is 2.73. The lowest BCUT2D eigenvalue weighted by atomic mass is 10.2. The first-order chi connectivity index (χ1) is 12.2. The van der Waals surface area contributed by atoms with Crippen molar-refractivity contribution < 1.29 is 35.5 Å². The van der Waals surface area contributed by atoms with Gasteiger partial charge in [-0.15, -0.1) is 0 Å². The Morgan fingerprint density at radius 1 is 0.731 bits per heavy atom. The van der Waals surface area contributed by atoms with E-state index in [1.165, 1.54) is 0 Å². The lowest BCUT2D eigenvalue weighted by Gasteiger charge is -2.19. The molecular weight excluding hydrogens is 367 g/mol. The number of alkyl halides is 3. The highest BCUT2D eigenvalue weighted by Crippen LogP contribution is 2.38. The van der Waals surface area contributed by atoms with Crippen LogP contribution in [0.25, 0.3) is 0 Å². The quantitative estimate of drug-likeness (QED) is 0.639. The summed E-state index contributed by atoms with van der Waals surface area (Å²) in [6.07, 6.45) is -3.25. The summed E-state index contributed by atoms with van der Waals surface area (Å²) >= 11 is 0. The Kier molecular flexibility index (Phi) is 4.72. The van der Waals surface area contributed by atoms with E-state index in [1.54, 1.807) is 4.90 Å². The minimum atomic E-state index is -4.98. The molecular formula is C17H12F7NO. The fraction of sp³-hybridized carbons (Fsp3) is 0.294. The third-order valence-corrected chi connectivity index (χ3v) is 3.98. The van der Waals surface area contributed by atoms with Gasteiger partial charge >= 0.3 is 6.18 Å². The average molecular weight is 379 g/mol. The smallest absolute Gasteiger partial charge is 0.416 e. The van der Waals surface area contributed by atoms with Crippen molar-refractivity contribution in [1.29, 1.82) is 0 Å². The molecule has 0 aliphatic carbocycles. The van der Waals surface area contributed by atoms with Crippen molar-refractivity contribution in [2.75, 3.05) is 18.0 Å². The molecule has 2 aromatic rings. The van der Waals surface area contributed by atoms with Gasteiger partial charge in [-0.3, -0.25) is 0 Å². The van der Waals surface area contributed by atoms with E-state index in [-0.39, 0.29) is 17.8 Å². The van der Waals surface area contributed by atoms with Gasteiger partial charge < -0.3 is 9.64 Å². The van der Waals surface area contributed by atoms with Gasteiger partial charge in [0.2, 0.25) is 0 Å². The van der Waals surface area contributed by atoms with Crippen LogP contribution in [-0.4, -0.2) is 13.1 Å². The molecule has 26 heavy (non-hydrogen) atoms. The maximum Gasteiger partial charge on any atom is 0.416 e. The van der Waals surface area contributed by atoms with Crippen molar-refractivity contribution in [2.45, 2.75) is 19.0 Å². The predicted octanol–water partition coefficient (Wildman–Crippen LogP) is 5.65. The number of hydrogen-bond donors (Lipinski definition) is 0. The second-order valence-electron chi connectivity index (χ2n) is 5.80. The van der Waals surface area contributed by atoms with Crippen LogP contribution in [0.5, 0.6) is 11.5 Å². The van der Waals surface area contributed by atoms with E-state index in [1.807, 2.05) is 0 Å². The highest BCUT2D eigenvalue weighted by atomic mass is 19.4. The number of anilines is 1. The SMILES string of the molecule is Fc1cc(N2CCCC2)cc(F)c1Oc1c(F)cc(C(F)(F)F)cc1F. The van der Waals surface area contributed by atoms with E-state index >= 15 is 0 Å². The molecule has 3 rings (SSSR count). The largest absolute Gasteiger partial charge is 0.445 e. The van der Waals surface area contributed by atoms with Crippen LogP contribution in [0.15, 0.2) is 24.3 Å². The molecule has 1 saturated heterocycles. The molecule has 0 N–H and O–H groups in total. The summed E-state index contributed by atoms with van der Waals surface area (Å²) in [7, 11) is 0.